The molecule has 2 aliphatic heterocycles. The van der Waals surface area contributed by atoms with E-state index in [9.17, 15) is 0 Å². The van der Waals surface area contributed by atoms with Crippen LogP contribution in [0.3, 0.4) is 0 Å². The maximum Gasteiger partial charge on any atom is 0.188 e. The third-order valence-electron chi connectivity index (χ3n) is 6.87. The predicted octanol–water partition coefficient (Wildman–Crippen LogP) is 4.41. The minimum absolute atomic E-state index is 0.559. The lowest BCUT2D eigenvalue weighted by atomic mass is 9.99. The third kappa shape index (κ3) is 2.90. The second-order valence-corrected chi connectivity index (χ2v) is 10.7. The Morgan fingerprint density at radius 2 is 1.91 bits per heavy atom. The molecule has 0 aromatic carbocycles. The number of nitrogens with zero attached hydrogens (tertiary/aromatic N) is 5. The number of anilines is 1. The molecule has 0 unspecified atom stereocenters. The first-order valence-electron chi connectivity index (χ1n) is 10.9. The minimum atomic E-state index is 0.559. The molecule has 2 aliphatic rings. The minimum Gasteiger partial charge on any atom is -0.359 e. The van der Waals surface area contributed by atoms with Crippen molar-refractivity contribution in [3.05, 3.63) is 30.9 Å². The van der Waals surface area contributed by atoms with Crippen molar-refractivity contribution in [2.75, 3.05) is 11.9 Å². The number of pyridine rings is 1. The van der Waals surface area contributed by atoms with Crippen LogP contribution in [-0.4, -0.2) is 55.3 Å². The van der Waals surface area contributed by atoms with Crippen molar-refractivity contribution in [1.82, 2.24) is 35.5 Å². The molecule has 5 aromatic heterocycles. The molecule has 3 atom stereocenters. The van der Waals surface area contributed by atoms with Gasteiger partial charge in [-0.05, 0) is 31.7 Å². The van der Waals surface area contributed by atoms with E-state index in [0.717, 1.165) is 47.5 Å². The van der Waals surface area contributed by atoms with Gasteiger partial charge < -0.3 is 15.2 Å². The zero-order chi connectivity index (χ0) is 21.2. The number of H-pyrrole nitrogens is 2. The molecular weight excluding hydrogens is 440 g/mol. The highest BCUT2D eigenvalue weighted by Crippen LogP contribution is 2.40. The number of thiazole rings is 2. The monoisotopic (exact) mass is 462 g/mol. The molecule has 2 fully saturated rings. The highest BCUT2D eigenvalue weighted by atomic mass is 32.1. The van der Waals surface area contributed by atoms with Crippen molar-refractivity contribution in [3.63, 3.8) is 0 Å². The SMILES string of the molecule is CN(c1nc2sc(-c3ncc(-c4cn[nH]c4)c4cc[nH]c34)nc2s1)[C@@H]1C[C@H]2CC[C@@H](C1)N2. The van der Waals surface area contributed by atoms with Crippen LogP contribution in [0.15, 0.2) is 30.9 Å². The quantitative estimate of drug-likeness (QED) is 0.366. The van der Waals surface area contributed by atoms with Gasteiger partial charge in [-0.3, -0.25) is 10.1 Å². The molecule has 5 aromatic rings. The molecule has 2 saturated heterocycles. The molecule has 7 heterocycles. The lowest BCUT2D eigenvalue weighted by molar-refractivity contribution is 0.354. The number of hydrogen-bond acceptors (Lipinski definition) is 8. The number of nitrogens with one attached hydrogen (secondary N) is 3. The average Bonchev–Trinajstić information content (AvgIpc) is 3.60. The first kappa shape index (κ1) is 18.7. The molecule has 3 N–H and O–H groups in total. The van der Waals surface area contributed by atoms with Gasteiger partial charge in [0.1, 0.15) is 10.7 Å². The van der Waals surface area contributed by atoms with Crippen LogP contribution >= 0.6 is 22.7 Å². The van der Waals surface area contributed by atoms with Crippen LogP contribution < -0.4 is 10.2 Å². The molecular formula is C22H22N8S2. The summed E-state index contributed by atoms with van der Waals surface area (Å²) in [6.07, 6.45) is 12.6. The first-order chi connectivity index (χ1) is 15.7. The fraction of sp³-hybridized carbons (Fsp3) is 0.364. The van der Waals surface area contributed by atoms with Gasteiger partial charge in [0.15, 0.2) is 14.8 Å². The number of aromatic nitrogens is 6. The Hall–Kier alpha value is -2.82. The van der Waals surface area contributed by atoms with Gasteiger partial charge in [-0.2, -0.15) is 5.10 Å². The number of hydrogen-bond donors (Lipinski definition) is 3. The van der Waals surface area contributed by atoms with E-state index in [0.29, 0.717) is 18.1 Å². The normalized spacial score (nSPS) is 22.8. The summed E-state index contributed by atoms with van der Waals surface area (Å²) in [7, 11) is 2.19. The van der Waals surface area contributed by atoms with E-state index in [-0.39, 0.29) is 0 Å². The van der Waals surface area contributed by atoms with Gasteiger partial charge in [0, 0.05) is 60.3 Å². The van der Waals surface area contributed by atoms with Crippen LogP contribution in [0.25, 0.3) is 42.4 Å². The lowest BCUT2D eigenvalue weighted by Gasteiger charge is -2.35. The van der Waals surface area contributed by atoms with Crippen LogP contribution in [0.2, 0.25) is 0 Å². The molecule has 0 radical (unpaired) electrons. The second kappa shape index (κ2) is 7.09. The molecule has 8 nitrogen and oxygen atoms in total. The van der Waals surface area contributed by atoms with Crippen LogP contribution in [0.4, 0.5) is 5.13 Å². The molecule has 0 aliphatic carbocycles. The Morgan fingerprint density at radius 3 is 2.69 bits per heavy atom. The molecule has 2 bridgehead atoms. The summed E-state index contributed by atoms with van der Waals surface area (Å²) in [5.41, 5.74) is 3.94. The summed E-state index contributed by atoms with van der Waals surface area (Å²) in [5, 5.41) is 13.8. The Balaban J connectivity index is 1.22. The number of fused-ring (bicyclic) bond motifs is 4. The molecule has 7 rings (SSSR count). The maximum absolute atomic E-state index is 4.96. The standard InChI is InChI=1S/C22H22N8S2/c1-30(14-6-12-2-3-13(7-14)27-12)22-29-21-20(32-22)28-19(31-21)18-17-15(4-5-23-17)16(10-24-18)11-8-25-26-9-11/h4-5,8-10,12-14,23,27H,2-3,6-7H2,1H3,(H,25,26)/t12-,13+,14-. The van der Waals surface area contributed by atoms with E-state index in [4.69, 9.17) is 15.0 Å². The van der Waals surface area contributed by atoms with Gasteiger partial charge >= 0.3 is 0 Å². The van der Waals surface area contributed by atoms with Crippen molar-refractivity contribution >= 4 is 48.4 Å². The lowest BCUT2D eigenvalue weighted by Crippen LogP contribution is -2.47. The highest BCUT2D eigenvalue weighted by molar-refractivity contribution is 7.29. The van der Waals surface area contributed by atoms with E-state index < -0.39 is 0 Å². The fourth-order valence-electron chi connectivity index (χ4n) is 5.23. The Kier molecular flexibility index (Phi) is 4.15. The van der Waals surface area contributed by atoms with Gasteiger partial charge in [0.25, 0.3) is 0 Å². The summed E-state index contributed by atoms with van der Waals surface area (Å²) in [5.74, 6) is 0. The van der Waals surface area contributed by atoms with Crippen LogP contribution in [0, 0.1) is 0 Å². The molecule has 0 amide bonds. The molecule has 162 valence electrons. The third-order valence-corrected chi connectivity index (χ3v) is 9.00. The molecule has 0 spiro atoms. The fourth-order valence-corrected chi connectivity index (χ4v) is 7.30. The van der Waals surface area contributed by atoms with Gasteiger partial charge in [-0.1, -0.05) is 22.7 Å². The van der Waals surface area contributed by atoms with E-state index in [1.165, 1.54) is 25.7 Å². The summed E-state index contributed by atoms with van der Waals surface area (Å²) in [6.45, 7) is 0. The van der Waals surface area contributed by atoms with Gasteiger partial charge in [-0.25, -0.2) is 9.97 Å². The summed E-state index contributed by atoms with van der Waals surface area (Å²) in [6, 6.07) is 3.98. The average molecular weight is 463 g/mol. The van der Waals surface area contributed by atoms with Gasteiger partial charge in [-0.15, -0.1) is 0 Å². The summed E-state index contributed by atoms with van der Waals surface area (Å²) in [4.78, 5) is 22.4. The van der Waals surface area contributed by atoms with E-state index in [1.54, 1.807) is 22.7 Å². The van der Waals surface area contributed by atoms with Crippen molar-refractivity contribution in [2.24, 2.45) is 0 Å². The van der Waals surface area contributed by atoms with Gasteiger partial charge in [0.2, 0.25) is 0 Å². The van der Waals surface area contributed by atoms with Crippen LogP contribution in [0.1, 0.15) is 25.7 Å². The van der Waals surface area contributed by atoms with Crippen molar-refractivity contribution < 1.29 is 0 Å². The number of aromatic amines is 2. The highest BCUT2D eigenvalue weighted by Gasteiger charge is 2.36. The first-order valence-corrected chi connectivity index (χ1v) is 12.6. The smallest absolute Gasteiger partial charge is 0.188 e. The van der Waals surface area contributed by atoms with Crippen LogP contribution in [-0.2, 0) is 0 Å². The topological polar surface area (TPSA) is 98.4 Å². The van der Waals surface area contributed by atoms with Crippen molar-refractivity contribution in [1.29, 1.82) is 0 Å². The number of rotatable bonds is 4. The zero-order valence-electron chi connectivity index (χ0n) is 17.5. The number of piperidine rings is 1. The predicted molar refractivity (Wildman–Crippen MR) is 129 cm³/mol. The second-order valence-electron chi connectivity index (χ2n) is 8.77. The van der Waals surface area contributed by atoms with E-state index in [2.05, 4.69) is 38.5 Å². The van der Waals surface area contributed by atoms with Crippen molar-refractivity contribution in [2.45, 2.75) is 43.8 Å². The summed E-state index contributed by atoms with van der Waals surface area (Å²) < 4.78 is 0. The van der Waals surface area contributed by atoms with E-state index in [1.807, 2.05) is 24.8 Å². The maximum atomic E-state index is 4.96. The van der Waals surface area contributed by atoms with E-state index >= 15 is 0 Å². The Morgan fingerprint density at radius 1 is 1.06 bits per heavy atom. The van der Waals surface area contributed by atoms with Gasteiger partial charge in [0.05, 0.1) is 11.7 Å². The van der Waals surface area contributed by atoms with Crippen molar-refractivity contribution in [3.8, 4) is 21.8 Å². The summed E-state index contributed by atoms with van der Waals surface area (Å²) >= 11 is 3.31. The molecule has 32 heavy (non-hydrogen) atoms. The Labute approximate surface area is 192 Å². The largest absolute Gasteiger partial charge is 0.359 e. The molecule has 0 saturated carbocycles. The Bertz CT molecular complexity index is 1370. The molecule has 10 heteroatoms. The zero-order valence-corrected chi connectivity index (χ0v) is 19.1. The van der Waals surface area contributed by atoms with Crippen LogP contribution in [0.5, 0.6) is 0 Å².